The number of nitrogens with zero attached hydrogens (tertiary/aromatic N) is 1. The topological polar surface area (TPSA) is 40.7 Å². The van der Waals surface area contributed by atoms with Crippen LogP contribution < -0.4 is 5.32 Å². The maximum Gasteiger partial charge on any atom is 0.137 e. The van der Waals surface area contributed by atoms with E-state index in [-0.39, 0.29) is 0 Å². The first-order valence-electron chi connectivity index (χ1n) is 8.69. The van der Waals surface area contributed by atoms with Gasteiger partial charge >= 0.3 is 0 Å². The number of benzene rings is 1. The van der Waals surface area contributed by atoms with Crippen LogP contribution in [0.4, 0.5) is 0 Å². The molecule has 124 valence electrons. The number of thiophene rings is 1. The van der Waals surface area contributed by atoms with Gasteiger partial charge in [-0.15, -0.1) is 11.3 Å². The number of aromatic amines is 1. The molecule has 0 bridgehead atoms. The third-order valence-corrected chi connectivity index (χ3v) is 6.16. The van der Waals surface area contributed by atoms with Crippen LogP contribution in [0.5, 0.6) is 0 Å². The Balaban J connectivity index is 1.39. The second kappa shape index (κ2) is 6.14. The number of rotatable bonds is 3. The lowest BCUT2D eigenvalue weighted by atomic mass is 9.95. The third kappa shape index (κ3) is 2.77. The molecule has 2 N–H and O–H groups in total. The SMILES string of the molecule is C1=C(c2cc3ccccc3s2)CC(Cc2c[nH]c3ncccc23)NC1. The minimum Gasteiger partial charge on any atom is -0.346 e. The summed E-state index contributed by atoms with van der Waals surface area (Å²) < 4.78 is 1.37. The maximum atomic E-state index is 4.40. The molecule has 1 atom stereocenters. The van der Waals surface area contributed by atoms with Crippen LogP contribution in [0.25, 0.3) is 26.7 Å². The number of nitrogens with one attached hydrogen (secondary N) is 2. The lowest BCUT2D eigenvalue weighted by Gasteiger charge is -2.23. The van der Waals surface area contributed by atoms with Crippen molar-refractivity contribution >= 4 is 38.0 Å². The van der Waals surface area contributed by atoms with E-state index in [0.29, 0.717) is 6.04 Å². The van der Waals surface area contributed by atoms with Gasteiger partial charge in [-0.05, 0) is 53.6 Å². The zero-order valence-corrected chi connectivity index (χ0v) is 14.6. The summed E-state index contributed by atoms with van der Waals surface area (Å²) in [6.07, 6.45) is 8.38. The average Bonchev–Trinajstić information content (AvgIpc) is 3.26. The Morgan fingerprint density at radius 1 is 1.16 bits per heavy atom. The Hall–Kier alpha value is -2.43. The molecule has 1 unspecified atom stereocenters. The Kier molecular flexibility index (Phi) is 3.65. The molecular weight excluding hydrogens is 326 g/mol. The van der Waals surface area contributed by atoms with E-state index in [9.17, 15) is 0 Å². The summed E-state index contributed by atoms with van der Waals surface area (Å²) in [5.41, 5.74) is 3.80. The summed E-state index contributed by atoms with van der Waals surface area (Å²) in [5.74, 6) is 0. The number of pyridine rings is 1. The quantitative estimate of drug-likeness (QED) is 0.562. The standard InChI is InChI=1S/C21H19N3S/c1-2-6-19-14(4-1)12-20(25-19)15-7-9-22-17(10-15)11-16-13-24-21-18(16)5-3-8-23-21/h1-8,12-13,17,22H,9-11H2,(H,23,24). The van der Waals surface area contributed by atoms with E-state index in [0.717, 1.165) is 25.0 Å². The summed E-state index contributed by atoms with van der Waals surface area (Å²) in [4.78, 5) is 9.09. The van der Waals surface area contributed by atoms with Gasteiger partial charge in [0.1, 0.15) is 5.65 Å². The predicted molar refractivity (Wildman–Crippen MR) is 106 cm³/mol. The highest BCUT2D eigenvalue weighted by Gasteiger charge is 2.19. The fraction of sp³-hybridized carbons (Fsp3) is 0.190. The lowest BCUT2D eigenvalue weighted by molar-refractivity contribution is 0.535. The Labute approximate surface area is 150 Å². The average molecular weight is 345 g/mol. The van der Waals surface area contributed by atoms with Crippen LogP contribution in [0, 0.1) is 0 Å². The van der Waals surface area contributed by atoms with E-state index in [4.69, 9.17) is 0 Å². The minimum atomic E-state index is 0.462. The molecule has 3 aromatic heterocycles. The molecule has 4 aromatic rings. The van der Waals surface area contributed by atoms with Crippen molar-refractivity contribution in [2.24, 2.45) is 0 Å². The molecule has 1 aromatic carbocycles. The summed E-state index contributed by atoms with van der Waals surface area (Å²) in [5, 5.41) is 6.24. The number of hydrogen-bond acceptors (Lipinski definition) is 3. The first-order chi connectivity index (χ1) is 12.4. The number of aromatic nitrogens is 2. The molecule has 1 aliphatic rings. The van der Waals surface area contributed by atoms with Gasteiger partial charge in [0.25, 0.3) is 0 Å². The van der Waals surface area contributed by atoms with Gasteiger partial charge in [-0.1, -0.05) is 24.3 Å². The van der Waals surface area contributed by atoms with Crippen LogP contribution in [0.15, 0.2) is 60.9 Å². The van der Waals surface area contributed by atoms with Crippen molar-refractivity contribution in [3.05, 3.63) is 71.4 Å². The van der Waals surface area contributed by atoms with E-state index in [1.54, 1.807) is 0 Å². The van der Waals surface area contributed by atoms with Crippen molar-refractivity contribution in [2.45, 2.75) is 18.9 Å². The van der Waals surface area contributed by atoms with E-state index in [2.05, 4.69) is 64.0 Å². The van der Waals surface area contributed by atoms with E-state index >= 15 is 0 Å². The van der Waals surface area contributed by atoms with Crippen molar-refractivity contribution in [2.75, 3.05) is 6.54 Å². The van der Waals surface area contributed by atoms with Gasteiger partial charge in [0.2, 0.25) is 0 Å². The molecular formula is C21H19N3S. The van der Waals surface area contributed by atoms with Crippen LogP contribution in [-0.4, -0.2) is 22.6 Å². The van der Waals surface area contributed by atoms with Gasteiger partial charge in [-0.25, -0.2) is 4.98 Å². The second-order valence-electron chi connectivity index (χ2n) is 6.60. The maximum absolute atomic E-state index is 4.40. The molecule has 0 saturated heterocycles. The van der Waals surface area contributed by atoms with Gasteiger partial charge < -0.3 is 10.3 Å². The molecule has 4 heteroatoms. The molecule has 25 heavy (non-hydrogen) atoms. The summed E-state index contributed by atoms with van der Waals surface area (Å²) in [6.45, 7) is 0.939. The number of fused-ring (bicyclic) bond motifs is 2. The van der Waals surface area contributed by atoms with Gasteiger partial charge in [0.15, 0.2) is 0 Å². The van der Waals surface area contributed by atoms with E-state index in [1.165, 1.54) is 31.5 Å². The molecule has 0 saturated carbocycles. The summed E-state index contributed by atoms with van der Waals surface area (Å²) in [7, 11) is 0. The van der Waals surface area contributed by atoms with Crippen molar-refractivity contribution < 1.29 is 0 Å². The van der Waals surface area contributed by atoms with Crippen LogP contribution in [0.3, 0.4) is 0 Å². The first kappa shape index (κ1) is 14.9. The fourth-order valence-corrected chi connectivity index (χ4v) is 4.81. The monoisotopic (exact) mass is 345 g/mol. The van der Waals surface area contributed by atoms with Crippen LogP contribution >= 0.6 is 11.3 Å². The number of H-pyrrole nitrogens is 1. The minimum absolute atomic E-state index is 0.462. The highest BCUT2D eigenvalue weighted by molar-refractivity contribution is 7.20. The van der Waals surface area contributed by atoms with Crippen LogP contribution in [0.2, 0.25) is 0 Å². The first-order valence-corrected chi connectivity index (χ1v) is 9.51. The lowest BCUT2D eigenvalue weighted by Crippen LogP contribution is -2.34. The van der Waals surface area contributed by atoms with Crippen LogP contribution in [-0.2, 0) is 6.42 Å². The highest BCUT2D eigenvalue weighted by Crippen LogP contribution is 2.34. The molecule has 0 fully saturated rings. The molecule has 5 rings (SSSR count). The Morgan fingerprint density at radius 3 is 3.08 bits per heavy atom. The molecule has 0 amide bonds. The molecule has 0 aliphatic carbocycles. The van der Waals surface area contributed by atoms with E-state index in [1.807, 2.05) is 23.6 Å². The normalized spacial score (nSPS) is 17.9. The molecule has 1 aliphatic heterocycles. The van der Waals surface area contributed by atoms with Crippen molar-refractivity contribution in [3.8, 4) is 0 Å². The van der Waals surface area contributed by atoms with Gasteiger partial charge in [-0.3, -0.25) is 0 Å². The van der Waals surface area contributed by atoms with Gasteiger partial charge in [0.05, 0.1) is 0 Å². The third-order valence-electron chi connectivity index (χ3n) is 4.97. The van der Waals surface area contributed by atoms with Gasteiger partial charge in [0, 0.05) is 39.9 Å². The van der Waals surface area contributed by atoms with Crippen LogP contribution in [0.1, 0.15) is 16.9 Å². The molecule has 0 radical (unpaired) electrons. The Bertz CT molecular complexity index is 1040. The zero-order chi connectivity index (χ0) is 16.6. The molecule has 3 nitrogen and oxygen atoms in total. The summed E-state index contributed by atoms with van der Waals surface area (Å²) >= 11 is 1.90. The fourth-order valence-electron chi connectivity index (χ4n) is 3.70. The van der Waals surface area contributed by atoms with Crippen molar-refractivity contribution in [1.82, 2.24) is 15.3 Å². The van der Waals surface area contributed by atoms with E-state index < -0.39 is 0 Å². The second-order valence-corrected chi connectivity index (χ2v) is 7.69. The van der Waals surface area contributed by atoms with Gasteiger partial charge in [-0.2, -0.15) is 0 Å². The number of hydrogen-bond donors (Lipinski definition) is 2. The molecule has 4 heterocycles. The highest BCUT2D eigenvalue weighted by atomic mass is 32.1. The smallest absolute Gasteiger partial charge is 0.137 e. The largest absolute Gasteiger partial charge is 0.346 e. The zero-order valence-electron chi connectivity index (χ0n) is 13.8. The van der Waals surface area contributed by atoms with Crippen molar-refractivity contribution in [3.63, 3.8) is 0 Å². The predicted octanol–water partition coefficient (Wildman–Crippen LogP) is 4.77. The summed E-state index contributed by atoms with van der Waals surface area (Å²) in [6, 6.07) is 15.6. The molecule has 0 spiro atoms. The Morgan fingerprint density at radius 2 is 2.12 bits per heavy atom. The van der Waals surface area contributed by atoms with Crippen molar-refractivity contribution in [1.29, 1.82) is 0 Å².